The molecule has 2 heterocycles. The number of rotatable bonds is 3. The van der Waals surface area contributed by atoms with Crippen molar-refractivity contribution in [1.82, 2.24) is 4.98 Å². The van der Waals surface area contributed by atoms with Crippen LogP contribution in [0.1, 0.15) is 23.1 Å². The van der Waals surface area contributed by atoms with Crippen molar-refractivity contribution < 1.29 is 4.42 Å². The summed E-state index contributed by atoms with van der Waals surface area (Å²) in [7, 11) is 0. The number of hydrogen-bond acceptors (Lipinski definition) is 3. The molecule has 2 N–H and O–H groups in total. The van der Waals surface area contributed by atoms with Crippen LogP contribution in [0.15, 0.2) is 41.1 Å². The molecule has 0 aliphatic carbocycles. The molecule has 15 heavy (non-hydrogen) atoms. The van der Waals surface area contributed by atoms with Crippen molar-refractivity contribution in [2.45, 2.75) is 19.4 Å². The molecular weight excluding hydrogens is 188 g/mol. The minimum atomic E-state index is -0.0997. The van der Waals surface area contributed by atoms with E-state index in [-0.39, 0.29) is 6.04 Å². The zero-order valence-corrected chi connectivity index (χ0v) is 8.68. The SMILES string of the molecule is Cc1cccnc1C(N)Cc1ccco1. The Morgan fingerprint density at radius 3 is 2.93 bits per heavy atom. The second-order valence-electron chi connectivity index (χ2n) is 3.60. The summed E-state index contributed by atoms with van der Waals surface area (Å²) >= 11 is 0. The minimum absolute atomic E-state index is 0.0997. The van der Waals surface area contributed by atoms with E-state index in [1.54, 1.807) is 12.5 Å². The first-order chi connectivity index (χ1) is 7.27. The first-order valence-electron chi connectivity index (χ1n) is 4.97. The monoisotopic (exact) mass is 202 g/mol. The first kappa shape index (κ1) is 9.93. The molecule has 0 saturated carbocycles. The van der Waals surface area contributed by atoms with Gasteiger partial charge < -0.3 is 10.2 Å². The summed E-state index contributed by atoms with van der Waals surface area (Å²) in [6.07, 6.45) is 4.11. The molecule has 0 aliphatic heterocycles. The lowest BCUT2D eigenvalue weighted by Crippen LogP contribution is -2.15. The summed E-state index contributed by atoms with van der Waals surface area (Å²) in [6, 6.07) is 7.63. The van der Waals surface area contributed by atoms with E-state index in [1.165, 1.54) is 0 Å². The summed E-state index contributed by atoms with van der Waals surface area (Å²) in [4.78, 5) is 4.29. The van der Waals surface area contributed by atoms with Crippen molar-refractivity contribution >= 4 is 0 Å². The first-order valence-corrected chi connectivity index (χ1v) is 4.97. The summed E-state index contributed by atoms with van der Waals surface area (Å²) in [5.74, 6) is 0.896. The van der Waals surface area contributed by atoms with Crippen molar-refractivity contribution in [1.29, 1.82) is 0 Å². The van der Waals surface area contributed by atoms with E-state index in [0.717, 1.165) is 17.0 Å². The van der Waals surface area contributed by atoms with E-state index in [2.05, 4.69) is 4.98 Å². The molecule has 0 fully saturated rings. The van der Waals surface area contributed by atoms with Crippen LogP contribution in [0.3, 0.4) is 0 Å². The van der Waals surface area contributed by atoms with E-state index < -0.39 is 0 Å². The lowest BCUT2D eigenvalue weighted by Gasteiger charge is -2.11. The number of nitrogens with two attached hydrogens (primary N) is 1. The molecule has 2 aromatic rings. The Hall–Kier alpha value is -1.61. The predicted molar refractivity (Wildman–Crippen MR) is 58.3 cm³/mol. The molecule has 78 valence electrons. The summed E-state index contributed by atoms with van der Waals surface area (Å²) in [6.45, 7) is 2.02. The lowest BCUT2D eigenvalue weighted by molar-refractivity contribution is 0.485. The molecular formula is C12H14N2O. The molecule has 0 saturated heterocycles. The molecule has 2 aromatic heterocycles. The molecule has 0 aliphatic rings. The van der Waals surface area contributed by atoms with E-state index in [1.807, 2.05) is 31.2 Å². The fourth-order valence-electron chi connectivity index (χ4n) is 1.63. The Morgan fingerprint density at radius 1 is 1.40 bits per heavy atom. The highest BCUT2D eigenvalue weighted by molar-refractivity contribution is 5.22. The van der Waals surface area contributed by atoms with Crippen LogP contribution in [0, 0.1) is 6.92 Å². The van der Waals surface area contributed by atoms with E-state index in [0.29, 0.717) is 6.42 Å². The minimum Gasteiger partial charge on any atom is -0.469 e. The van der Waals surface area contributed by atoms with Gasteiger partial charge in [0, 0.05) is 12.6 Å². The summed E-state index contributed by atoms with van der Waals surface area (Å²) < 4.78 is 5.26. The van der Waals surface area contributed by atoms with Gasteiger partial charge in [-0.2, -0.15) is 0 Å². The van der Waals surface area contributed by atoms with Crippen LogP contribution < -0.4 is 5.73 Å². The lowest BCUT2D eigenvalue weighted by atomic mass is 10.0. The Kier molecular flexibility index (Phi) is 2.83. The summed E-state index contributed by atoms with van der Waals surface area (Å²) in [5.41, 5.74) is 8.13. The third kappa shape index (κ3) is 2.25. The molecule has 3 nitrogen and oxygen atoms in total. The van der Waals surface area contributed by atoms with Gasteiger partial charge in [-0.05, 0) is 30.7 Å². The normalized spacial score (nSPS) is 12.7. The quantitative estimate of drug-likeness (QED) is 0.830. The van der Waals surface area contributed by atoms with Crippen molar-refractivity contribution in [2.24, 2.45) is 5.73 Å². The van der Waals surface area contributed by atoms with E-state index in [4.69, 9.17) is 10.2 Å². The van der Waals surface area contributed by atoms with Gasteiger partial charge in [0.2, 0.25) is 0 Å². The van der Waals surface area contributed by atoms with Gasteiger partial charge in [-0.1, -0.05) is 6.07 Å². The standard InChI is InChI=1S/C12H14N2O/c1-9-4-2-6-14-12(9)11(13)8-10-5-3-7-15-10/h2-7,11H,8,13H2,1H3. The Bertz CT molecular complexity index is 423. The average molecular weight is 202 g/mol. The topological polar surface area (TPSA) is 52.0 Å². The Morgan fingerprint density at radius 2 is 2.27 bits per heavy atom. The maximum absolute atomic E-state index is 6.06. The molecule has 0 bridgehead atoms. The predicted octanol–water partition coefficient (Wildman–Crippen LogP) is 2.23. The summed E-state index contributed by atoms with van der Waals surface area (Å²) in [5, 5.41) is 0. The van der Waals surface area contributed by atoms with Gasteiger partial charge in [-0.25, -0.2) is 0 Å². The Balaban J connectivity index is 2.15. The van der Waals surface area contributed by atoms with Gasteiger partial charge in [-0.3, -0.25) is 4.98 Å². The zero-order chi connectivity index (χ0) is 10.7. The van der Waals surface area contributed by atoms with Crippen LogP contribution >= 0.6 is 0 Å². The number of hydrogen-bond donors (Lipinski definition) is 1. The van der Waals surface area contributed by atoms with Crippen LogP contribution in [-0.2, 0) is 6.42 Å². The maximum Gasteiger partial charge on any atom is 0.105 e. The van der Waals surface area contributed by atoms with Gasteiger partial charge >= 0.3 is 0 Å². The van der Waals surface area contributed by atoms with Gasteiger partial charge in [0.15, 0.2) is 0 Å². The number of nitrogens with zero attached hydrogens (tertiary/aromatic N) is 1. The average Bonchev–Trinajstić information content (AvgIpc) is 2.71. The smallest absolute Gasteiger partial charge is 0.105 e. The van der Waals surface area contributed by atoms with Crippen LogP contribution in [-0.4, -0.2) is 4.98 Å². The zero-order valence-electron chi connectivity index (χ0n) is 8.68. The molecule has 0 radical (unpaired) electrons. The maximum atomic E-state index is 6.06. The van der Waals surface area contributed by atoms with Gasteiger partial charge in [0.1, 0.15) is 5.76 Å². The molecule has 1 atom stereocenters. The van der Waals surface area contributed by atoms with Crippen LogP contribution in [0.5, 0.6) is 0 Å². The third-order valence-corrected chi connectivity index (χ3v) is 2.40. The van der Waals surface area contributed by atoms with Crippen molar-refractivity contribution in [3.63, 3.8) is 0 Å². The van der Waals surface area contributed by atoms with Crippen LogP contribution in [0.4, 0.5) is 0 Å². The van der Waals surface area contributed by atoms with E-state index in [9.17, 15) is 0 Å². The number of aryl methyl sites for hydroxylation is 1. The van der Waals surface area contributed by atoms with Crippen LogP contribution in [0.2, 0.25) is 0 Å². The van der Waals surface area contributed by atoms with Crippen molar-refractivity contribution in [3.05, 3.63) is 53.7 Å². The highest BCUT2D eigenvalue weighted by atomic mass is 16.3. The van der Waals surface area contributed by atoms with Crippen molar-refractivity contribution in [2.75, 3.05) is 0 Å². The molecule has 0 amide bonds. The molecule has 0 aromatic carbocycles. The van der Waals surface area contributed by atoms with Crippen molar-refractivity contribution in [3.8, 4) is 0 Å². The number of aromatic nitrogens is 1. The third-order valence-electron chi connectivity index (χ3n) is 2.40. The molecule has 0 spiro atoms. The second-order valence-corrected chi connectivity index (χ2v) is 3.60. The van der Waals surface area contributed by atoms with Gasteiger partial charge in [-0.15, -0.1) is 0 Å². The Labute approximate surface area is 88.9 Å². The number of furan rings is 1. The molecule has 3 heteroatoms. The molecule has 1 unspecified atom stereocenters. The van der Waals surface area contributed by atoms with Gasteiger partial charge in [0.05, 0.1) is 18.0 Å². The van der Waals surface area contributed by atoms with Crippen LogP contribution in [0.25, 0.3) is 0 Å². The molecule has 2 rings (SSSR count). The highest BCUT2D eigenvalue weighted by Gasteiger charge is 2.11. The second kappa shape index (κ2) is 4.28. The van der Waals surface area contributed by atoms with Gasteiger partial charge in [0.25, 0.3) is 0 Å². The van der Waals surface area contributed by atoms with E-state index >= 15 is 0 Å². The fraction of sp³-hybridized carbons (Fsp3) is 0.250. The highest BCUT2D eigenvalue weighted by Crippen LogP contribution is 2.17. The fourth-order valence-corrected chi connectivity index (χ4v) is 1.63. The largest absolute Gasteiger partial charge is 0.469 e. The number of pyridine rings is 1.